The molecule has 2 saturated carbocycles. The molecular formula is C31H31ClFN3O4. The van der Waals surface area contributed by atoms with E-state index in [0.717, 1.165) is 79.5 Å². The van der Waals surface area contributed by atoms with Gasteiger partial charge in [0, 0.05) is 48.9 Å². The van der Waals surface area contributed by atoms with Crippen LogP contribution in [0.15, 0.2) is 47.1 Å². The van der Waals surface area contributed by atoms with Gasteiger partial charge in [-0.3, -0.25) is 0 Å². The molecule has 1 spiro atoms. The van der Waals surface area contributed by atoms with Gasteiger partial charge < -0.3 is 23.8 Å². The Kier molecular flexibility index (Phi) is 6.16. The highest BCUT2D eigenvalue weighted by Crippen LogP contribution is 2.52. The largest absolute Gasteiger partial charge is 0.478 e. The second-order valence-corrected chi connectivity index (χ2v) is 12.1. The lowest BCUT2D eigenvalue weighted by Gasteiger charge is -2.52. The maximum Gasteiger partial charge on any atom is 0.337 e. The number of ether oxygens (including phenoxy) is 1. The maximum atomic E-state index is 14.7. The average Bonchev–Trinajstić information content (AvgIpc) is 3.60. The van der Waals surface area contributed by atoms with E-state index in [-0.39, 0.29) is 11.7 Å². The molecule has 1 N–H and O–H groups in total. The average molecular weight is 564 g/mol. The normalized spacial score (nSPS) is 18.9. The number of aromatic carboxylic acids is 1. The number of rotatable bonds is 7. The summed E-state index contributed by atoms with van der Waals surface area (Å²) in [7, 11) is 1.89. The number of carbonyl (C=O) groups is 1. The van der Waals surface area contributed by atoms with Crippen LogP contribution in [0, 0.1) is 11.2 Å². The van der Waals surface area contributed by atoms with Crippen LogP contribution in [0.2, 0.25) is 5.02 Å². The standard InChI is InChI=1S/C31H31ClFN3O4/c1-35-16-22(30(37)38)21-8-7-19(13-26(21)35)36-11-9-31(10-12-36)14-20(15-31)39-17-23-28(34-40-29(23)18-5-6-18)27-24(32)3-2-4-25(27)33/h2-4,7-8,13,16,18,20H,5-6,9-12,14-15,17H2,1H3,(H,37,38). The Labute approximate surface area is 236 Å². The lowest BCUT2D eigenvalue weighted by Crippen LogP contribution is -2.50. The smallest absolute Gasteiger partial charge is 0.337 e. The fourth-order valence-electron chi connectivity index (χ4n) is 6.66. The third kappa shape index (κ3) is 4.38. The van der Waals surface area contributed by atoms with Crippen molar-refractivity contribution >= 4 is 34.2 Å². The van der Waals surface area contributed by atoms with Crippen molar-refractivity contribution < 1.29 is 23.6 Å². The zero-order valence-corrected chi connectivity index (χ0v) is 23.1. The highest BCUT2D eigenvalue weighted by atomic mass is 35.5. The van der Waals surface area contributed by atoms with Gasteiger partial charge in [-0.2, -0.15) is 0 Å². The number of nitrogens with zero attached hydrogens (tertiary/aromatic N) is 3. The van der Waals surface area contributed by atoms with Crippen LogP contribution in [0.3, 0.4) is 0 Å². The van der Waals surface area contributed by atoms with Crippen molar-refractivity contribution in [2.75, 3.05) is 18.0 Å². The first-order valence-corrected chi connectivity index (χ1v) is 14.3. The highest BCUT2D eigenvalue weighted by Gasteiger charge is 2.47. The number of aromatic nitrogens is 2. The number of benzene rings is 2. The minimum absolute atomic E-state index is 0.159. The molecule has 2 aromatic heterocycles. The van der Waals surface area contributed by atoms with Gasteiger partial charge in [-0.25, -0.2) is 9.18 Å². The Morgan fingerprint density at radius 2 is 2.00 bits per heavy atom. The van der Waals surface area contributed by atoms with Gasteiger partial charge in [-0.1, -0.05) is 22.8 Å². The van der Waals surface area contributed by atoms with Crippen LogP contribution in [0.4, 0.5) is 10.1 Å². The number of piperidine rings is 1. The fourth-order valence-corrected chi connectivity index (χ4v) is 6.91. The second kappa shape index (κ2) is 9.63. The topological polar surface area (TPSA) is 80.7 Å². The molecule has 3 fully saturated rings. The summed E-state index contributed by atoms with van der Waals surface area (Å²) in [6.07, 6.45) is 8.15. The van der Waals surface area contributed by atoms with Crippen LogP contribution in [0.25, 0.3) is 22.2 Å². The summed E-state index contributed by atoms with van der Waals surface area (Å²) in [6, 6.07) is 10.7. The van der Waals surface area contributed by atoms with Gasteiger partial charge in [0.2, 0.25) is 0 Å². The van der Waals surface area contributed by atoms with E-state index in [2.05, 4.69) is 16.1 Å². The van der Waals surface area contributed by atoms with Crippen molar-refractivity contribution in [1.29, 1.82) is 0 Å². The van der Waals surface area contributed by atoms with Crippen molar-refractivity contribution in [3.8, 4) is 11.3 Å². The van der Waals surface area contributed by atoms with Gasteiger partial charge in [0.05, 0.1) is 34.4 Å². The van der Waals surface area contributed by atoms with Crippen LogP contribution in [-0.4, -0.2) is 40.0 Å². The molecule has 0 radical (unpaired) electrons. The van der Waals surface area contributed by atoms with Gasteiger partial charge in [-0.15, -0.1) is 0 Å². The molecule has 1 aliphatic heterocycles. The summed E-state index contributed by atoms with van der Waals surface area (Å²) in [4.78, 5) is 14.0. The number of hydrogen-bond donors (Lipinski definition) is 1. The zero-order chi connectivity index (χ0) is 27.6. The van der Waals surface area contributed by atoms with Crippen molar-refractivity contribution in [2.24, 2.45) is 12.5 Å². The lowest BCUT2D eigenvalue weighted by atomic mass is 9.61. The van der Waals surface area contributed by atoms with E-state index < -0.39 is 11.8 Å². The van der Waals surface area contributed by atoms with E-state index in [0.29, 0.717) is 34.2 Å². The molecule has 4 aromatic rings. The first-order chi connectivity index (χ1) is 19.3. The number of halogens is 2. The summed E-state index contributed by atoms with van der Waals surface area (Å²) in [5, 5.41) is 14.8. The third-order valence-corrected chi connectivity index (χ3v) is 9.46. The number of anilines is 1. The quantitative estimate of drug-likeness (QED) is 0.257. The molecule has 0 unspecified atom stereocenters. The zero-order valence-electron chi connectivity index (χ0n) is 22.3. The van der Waals surface area contributed by atoms with Gasteiger partial charge in [-0.05, 0) is 74.3 Å². The Morgan fingerprint density at radius 3 is 2.70 bits per heavy atom. The predicted octanol–water partition coefficient (Wildman–Crippen LogP) is 7.17. The second-order valence-electron chi connectivity index (χ2n) is 11.7. The summed E-state index contributed by atoms with van der Waals surface area (Å²) >= 11 is 6.35. The molecule has 3 heterocycles. The first-order valence-electron chi connectivity index (χ1n) is 13.9. The van der Waals surface area contributed by atoms with Crippen LogP contribution < -0.4 is 4.90 Å². The first kappa shape index (κ1) is 25.6. The van der Waals surface area contributed by atoms with E-state index in [1.54, 1.807) is 18.3 Å². The Morgan fingerprint density at radius 1 is 1.23 bits per heavy atom. The molecule has 2 aromatic carbocycles. The molecule has 7 nitrogen and oxygen atoms in total. The molecule has 40 heavy (non-hydrogen) atoms. The number of carboxylic acid groups (broad SMARTS) is 1. The van der Waals surface area contributed by atoms with Crippen LogP contribution >= 0.6 is 11.6 Å². The third-order valence-electron chi connectivity index (χ3n) is 9.14. The molecule has 208 valence electrons. The van der Waals surface area contributed by atoms with Crippen LogP contribution in [0.5, 0.6) is 0 Å². The number of aryl methyl sites for hydroxylation is 1. The fraction of sp³-hybridized carbons (Fsp3) is 0.419. The van der Waals surface area contributed by atoms with Gasteiger partial charge in [0.15, 0.2) is 0 Å². The molecule has 1 saturated heterocycles. The Hall–Kier alpha value is -3.36. The van der Waals surface area contributed by atoms with Crippen LogP contribution in [0.1, 0.15) is 66.1 Å². The number of fused-ring (bicyclic) bond motifs is 1. The SMILES string of the molecule is Cn1cc(C(=O)O)c2ccc(N3CCC4(CC3)CC(OCc3c(-c5c(F)cccc5Cl)noc3C3CC3)C4)cc21. The van der Waals surface area contributed by atoms with E-state index >= 15 is 0 Å². The highest BCUT2D eigenvalue weighted by molar-refractivity contribution is 6.33. The lowest BCUT2D eigenvalue weighted by molar-refractivity contribution is -0.0979. The van der Waals surface area contributed by atoms with Gasteiger partial charge >= 0.3 is 5.97 Å². The predicted molar refractivity (Wildman–Crippen MR) is 150 cm³/mol. The van der Waals surface area contributed by atoms with Crippen molar-refractivity contribution in [3.05, 3.63) is 70.3 Å². The van der Waals surface area contributed by atoms with E-state index in [9.17, 15) is 14.3 Å². The Balaban J connectivity index is 0.995. The monoisotopic (exact) mass is 563 g/mol. The molecule has 9 heteroatoms. The van der Waals surface area contributed by atoms with E-state index in [4.69, 9.17) is 20.9 Å². The molecular weight excluding hydrogens is 533 g/mol. The van der Waals surface area contributed by atoms with E-state index in [1.165, 1.54) is 6.07 Å². The molecule has 7 rings (SSSR count). The summed E-state index contributed by atoms with van der Waals surface area (Å²) in [5.74, 6) is -0.178. The Bertz CT molecular complexity index is 1590. The molecule has 0 bridgehead atoms. The molecule has 0 amide bonds. The maximum absolute atomic E-state index is 14.7. The van der Waals surface area contributed by atoms with Crippen LogP contribution in [-0.2, 0) is 18.4 Å². The molecule has 2 aliphatic carbocycles. The minimum Gasteiger partial charge on any atom is -0.478 e. The van der Waals surface area contributed by atoms with Crippen molar-refractivity contribution in [1.82, 2.24) is 9.72 Å². The van der Waals surface area contributed by atoms with Gasteiger partial charge in [0.25, 0.3) is 0 Å². The van der Waals surface area contributed by atoms with E-state index in [1.807, 2.05) is 23.7 Å². The van der Waals surface area contributed by atoms with Crippen molar-refractivity contribution in [2.45, 2.75) is 57.2 Å². The van der Waals surface area contributed by atoms with Crippen molar-refractivity contribution in [3.63, 3.8) is 0 Å². The summed E-state index contributed by atoms with van der Waals surface area (Å²) in [6.45, 7) is 2.26. The summed E-state index contributed by atoms with van der Waals surface area (Å²) in [5.41, 5.74) is 4.25. The number of hydrogen-bond acceptors (Lipinski definition) is 5. The summed E-state index contributed by atoms with van der Waals surface area (Å²) < 4.78 is 28.7. The molecule has 3 aliphatic rings. The number of carboxylic acids is 1. The minimum atomic E-state index is -0.903. The van der Waals surface area contributed by atoms with Gasteiger partial charge in [0.1, 0.15) is 17.3 Å². The molecule has 0 atom stereocenters.